The fraction of sp³-hybridized carbons (Fsp3) is 0.588. The number of rotatable bonds is 4. The van der Waals surface area contributed by atoms with Crippen LogP contribution >= 0.6 is 0 Å². The van der Waals surface area contributed by atoms with Crippen molar-refractivity contribution in [1.29, 1.82) is 0 Å². The van der Waals surface area contributed by atoms with Crippen LogP contribution in [-0.4, -0.2) is 30.5 Å². The molecule has 2 rings (SSSR count). The maximum absolute atomic E-state index is 12.2. The molecule has 0 spiro atoms. The van der Waals surface area contributed by atoms with Crippen LogP contribution in [0.4, 0.5) is 0 Å². The number of benzene rings is 1. The van der Waals surface area contributed by atoms with Gasteiger partial charge in [0.1, 0.15) is 0 Å². The van der Waals surface area contributed by atoms with Crippen molar-refractivity contribution in [3.8, 4) is 0 Å². The summed E-state index contributed by atoms with van der Waals surface area (Å²) in [6.07, 6.45) is 1.05. The summed E-state index contributed by atoms with van der Waals surface area (Å²) in [6.45, 7) is 9.05. The molecular weight excluding hydrogens is 250 g/mol. The molecule has 3 heteroatoms. The Balaban J connectivity index is 1.73. The van der Waals surface area contributed by atoms with Crippen LogP contribution in [0, 0.1) is 11.3 Å². The maximum Gasteiger partial charge on any atom is 0.227 e. The van der Waals surface area contributed by atoms with E-state index in [2.05, 4.69) is 12.1 Å². The molecule has 1 fully saturated rings. The summed E-state index contributed by atoms with van der Waals surface area (Å²) in [6, 6.07) is 10.2. The highest BCUT2D eigenvalue weighted by Gasteiger charge is 2.32. The van der Waals surface area contributed by atoms with Gasteiger partial charge in [0, 0.05) is 24.4 Å². The van der Waals surface area contributed by atoms with E-state index in [1.165, 1.54) is 5.56 Å². The van der Waals surface area contributed by atoms with Gasteiger partial charge in [0.2, 0.25) is 5.91 Å². The molecule has 1 aromatic rings. The number of hydrogen-bond acceptors (Lipinski definition) is 2. The maximum atomic E-state index is 12.2. The van der Waals surface area contributed by atoms with Gasteiger partial charge in [0.15, 0.2) is 0 Å². The summed E-state index contributed by atoms with van der Waals surface area (Å²) in [5.74, 6) is 0.730. The number of hydrogen-bond donors (Lipinski definition) is 0. The van der Waals surface area contributed by atoms with Crippen molar-refractivity contribution in [2.24, 2.45) is 11.3 Å². The third-order valence-corrected chi connectivity index (χ3v) is 3.68. The molecule has 1 heterocycles. The number of carbonyl (C=O) groups excluding carboxylic acids is 1. The van der Waals surface area contributed by atoms with E-state index in [4.69, 9.17) is 4.74 Å². The molecule has 3 nitrogen and oxygen atoms in total. The molecule has 0 aliphatic carbocycles. The van der Waals surface area contributed by atoms with Crippen molar-refractivity contribution in [3.05, 3.63) is 35.9 Å². The standard InChI is InChI=1S/C17H25NO2/c1-17(2,3)16(19)18-10-9-15(11-18)13-20-12-14-7-5-4-6-8-14/h4-8,15H,9-13H2,1-3H3/t15-/m1/s1. The largest absolute Gasteiger partial charge is 0.376 e. The zero-order chi connectivity index (χ0) is 14.6. The van der Waals surface area contributed by atoms with Gasteiger partial charge >= 0.3 is 0 Å². The van der Waals surface area contributed by atoms with Gasteiger partial charge in [-0.3, -0.25) is 4.79 Å². The highest BCUT2D eigenvalue weighted by Crippen LogP contribution is 2.24. The van der Waals surface area contributed by atoms with E-state index in [0.29, 0.717) is 12.5 Å². The highest BCUT2D eigenvalue weighted by molar-refractivity contribution is 5.81. The third-order valence-electron chi connectivity index (χ3n) is 3.68. The molecule has 1 saturated heterocycles. The molecule has 0 aromatic heterocycles. The summed E-state index contributed by atoms with van der Waals surface area (Å²) in [5.41, 5.74) is 0.924. The van der Waals surface area contributed by atoms with Crippen LogP contribution in [0.15, 0.2) is 30.3 Å². The van der Waals surface area contributed by atoms with Crippen molar-refractivity contribution in [2.75, 3.05) is 19.7 Å². The van der Waals surface area contributed by atoms with Crippen LogP contribution in [0.25, 0.3) is 0 Å². The summed E-state index contributed by atoms with van der Waals surface area (Å²) in [5, 5.41) is 0. The number of carbonyl (C=O) groups is 1. The van der Waals surface area contributed by atoms with Crippen LogP contribution in [0.1, 0.15) is 32.8 Å². The Morgan fingerprint density at radius 2 is 2.00 bits per heavy atom. The van der Waals surface area contributed by atoms with Crippen LogP contribution in [0.5, 0.6) is 0 Å². The van der Waals surface area contributed by atoms with Crippen LogP contribution in [-0.2, 0) is 16.1 Å². The lowest BCUT2D eigenvalue weighted by Gasteiger charge is -2.25. The normalized spacial score (nSPS) is 19.4. The van der Waals surface area contributed by atoms with E-state index in [1.54, 1.807) is 0 Å². The van der Waals surface area contributed by atoms with E-state index in [0.717, 1.165) is 26.1 Å². The smallest absolute Gasteiger partial charge is 0.227 e. The van der Waals surface area contributed by atoms with E-state index in [9.17, 15) is 4.79 Å². The first-order valence-electron chi connectivity index (χ1n) is 7.38. The lowest BCUT2D eigenvalue weighted by atomic mass is 9.95. The Morgan fingerprint density at radius 1 is 1.30 bits per heavy atom. The minimum atomic E-state index is -0.278. The molecule has 20 heavy (non-hydrogen) atoms. The third kappa shape index (κ3) is 4.07. The Hall–Kier alpha value is -1.35. The van der Waals surface area contributed by atoms with Crippen molar-refractivity contribution in [2.45, 2.75) is 33.8 Å². The first-order valence-corrected chi connectivity index (χ1v) is 7.38. The lowest BCUT2D eigenvalue weighted by Crippen LogP contribution is -2.38. The Morgan fingerprint density at radius 3 is 2.65 bits per heavy atom. The van der Waals surface area contributed by atoms with Gasteiger partial charge in [-0.15, -0.1) is 0 Å². The zero-order valence-electron chi connectivity index (χ0n) is 12.8. The topological polar surface area (TPSA) is 29.5 Å². The summed E-state index contributed by atoms with van der Waals surface area (Å²) < 4.78 is 5.78. The number of nitrogens with zero attached hydrogens (tertiary/aromatic N) is 1. The van der Waals surface area contributed by atoms with Gasteiger partial charge in [0.25, 0.3) is 0 Å². The molecule has 0 radical (unpaired) electrons. The molecule has 1 atom stereocenters. The van der Waals surface area contributed by atoms with Crippen molar-refractivity contribution in [3.63, 3.8) is 0 Å². The van der Waals surface area contributed by atoms with E-state index in [-0.39, 0.29) is 11.3 Å². The molecule has 0 unspecified atom stereocenters. The SMILES string of the molecule is CC(C)(C)C(=O)N1CC[C@@H](COCc2ccccc2)C1. The molecule has 110 valence electrons. The van der Waals surface area contributed by atoms with E-state index in [1.807, 2.05) is 43.9 Å². The molecule has 1 amide bonds. The predicted octanol–water partition coefficient (Wildman–Crippen LogP) is 3.10. The van der Waals surface area contributed by atoms with Crippen molar-refractivity contribution >= 4 is 5.91 Å². The average molecular weight is 275 g/mol. The monoisotopic (exact) mass is 275 g/mol. The fourth-order valence-electron chi connectivity index (χ4n) is 2.55. The minimum absolute atomic E-state index is 0.253. The van der Waals surface area contributed by atoms with Gasteiger partial charge in [-0.2, -0.15) is 0 Å². The van der Waals surface area contributed by atoms with Gasteiger partial charge in [-0.25, -0.2) is 0 Å². The number of ether oxygens (including phenoxy) is 1. The summed E-state index contributed by atoms with van der Waals surface area (Å²) in [7, 11) is 0. The predicted molar refractivity (Wildman–Crippen MR) is 80.2 cm³/mol. The summed E-state index contributed by atoms with van der Waals surface area (Å²) >= 11 is 0. The van der Waals surface area contributed by atoms with Gasteiger partial charge in [0.05, 0.1) is 13.2 Å². The molecule has 1 aromatic carbocycles. The molecule has 0 bridgehead atoms. The summed E-state index contributed by atoms with van der Waals surface area (Å²) in [4.78, 5) is 14.2. The van der Waals surface area contributed by atoms with Crippen molar-refractivity contribution < 1.29 is 9.53 Å². The van der Waals surface area contributed by atoms with Gasteiger partial charge in [-0.05, 0) is 12.0 Å². The van der Waals surface area contributed by atoms with E-state index >= 15 is 0 Å². The minimum Gasteiger partial charge on any atom is -0.376 e. The first kappa shape index (κ1) is 15.0. The van der Waals surface area contributed by atoms with Gasteiger partial charge < -0.3 is 9.64 Å². The second-order valence-electron chi connectivity index (χ2n) is 6.66. The second kappa shape index (κ2) is 6.40. The van der Waals surface area contributed by atoms with Crippen LogP contribution < -0.4 is 0 Å². The number of likely N-dealkylation sites (tertiary alicyclic amines) is 1. The van der Waals surface area contributed by atoms with Crippen LogP contribution in [0.3, 0.4) is 0 Å². The quantitative estimate of drug-likeness (QED) is 0.845. The highest BCUT2D eigenvalue weighted by atomic mass is 16.5. The molecule has 1 aliphatic heterocycles. The first-order chi connectivity index (χ1) is 9.47. The van der Waals surface area contributed by atoms with Gasteiger partial charge in [-0.1, -0.05) is 51.1 Å². The fourth-order valence-corrected chi connectivity index (χ4v) is 2.55. The Labute approximate surface area is 121 Å². The second-order valence-corrected chi connectivity index (χ2v) is 6.66. The molecule has 1 aliphatic rings. The lowest BCUT2D eigenvalue weighted by molar-refractivity contribution is -0.138. The molecule has 0 saturated carbocycles. The molecular formula is C17H25NO2. The van der Waals surface area contributed by atoms with E-state index < -0.39 is 0 Å². The Bertz CT molecular complexity index is 436. The number of amides is 1. The molecule has 0 N–H and O–H groups in total. The van der Waals surface area contributed by atoms with Crippen LogP contribution in [0.2, 0.25) is 0 Å². The van der Waals surface area contributed by atoms with Crippen molar-refractivity contribution in [1.82, 2.24) is 4.90 Å². The Kier molecular flexibility index (Phi) is 4.81. The zero-order valence-corrected chi connectivity index (χ0v) is 12.8. The average Bonchev–Trinajstić information content (AvgIpc) is 2.87.